The van der Waals surface area contributed by atoms with E-state index in [1.54, 1.807) is 0 Å². The number of hydrogen-bond acceptors (Lipinski definition) is 7. The zero-order valence-electron chi connectivity index (χ0n) is 20.3. The number of unbranched alkanes of at least 4 members (excludes halogenated alkanes) is 2. The average molecular weight is 492 g/mol. The first-order chi connectivity index (χ1) is 14.6. The number of nitrogens with one attached hydrogen (secondary N) is 1. The molecule has 188 valence electrons. The van der Waals surface area contributed by atoms with Gasteiger partial charge in [0.25, 0.3) is 10.1 Å². The number of ether oxygens (including phenoxy) is 2. The van der Waals surface area contributed by atoms with Crippen molar-refractivity contribution in [3.8, 4) is 0 Å². The van der Waals surface area contributed by atoms with Gasteiger partial charge < -0.3 is 14.8 Å². The molecule has 3 unspecified atom stereocenters. The van der Waals surface area contributed by atoms with E-state index in [4.69, 9.17) is 9.47 Å². The first-order valence-corrected chi connectivity index (χ1v) is 13.0. The van der Waals surface area contributed by atoms with E-state index in [0.717, 1.165) is 51.4 Å². The summed E-state index contributed by atoms with van der Waals surface area (Å²) in [6, 6.07) is 0. The van der Waals surface area contributed by atoms with Crippen LogP contribution in [0.5, 0.6) is 0 Å². The number of esters is 2. The molecule has 0 bridgehead atoms. The third kappa shape index (κ3) is 19.3. The van der Waals surface area contributed by atoms with Crippen LogP contribution in [-0.2, 0) is 29.2 Å². The Hall–Kier alpha value is -0.190. The van der Waals surface area contributed by atoms with E-state index in [1.807, 2.05) is 27.9 Å². The monoisotopic (exact) mass is 491 g/mol. The van der Waals surface area contributed by atoms with Gasteiger partial charge in [-0.05, 0) is 38.8 Å². The molecular formula is C22H46NNaO7S. The molecule has 0 aliphatic heterocycles. The second-order valence-electron chi connectivity index (χ2n) is 7.85. The molecule has 0 amide bonds. The van der Waals surface area contributed by atoms with Crippen molar-refractivity contribution in [1.82, 2.24) is 5.32 Å². The molecule has 2 N–H and O–H groups in total. The fraction of sp³-hybridized carbons (Fsp3) is 0.909. The van der Waals surface area contributed by atoms with Gasteiger partial charge in [0.2, 0.25) is 0 Å². The van der Waals surface area contributed by atoms with E-state index in [2.05, 4.69) is 19.2 Å². The summed E-state index contributed by atoms with van der Waals surface area (Å²) in [6.07, 6.45) is 6.74. The third-order valence-corrected chi connectivity index (χ3v) is 6.08. The molecule has 0 heterocycles. The first-order valence-electron chi connectivity index (χ1n) is 11.5. The van der Waals surface area contributed by atoms with E-state index < -0.39 is 33.7 Å². The second-order valence-corrected chi connectivity index (χ2v) is 9.45. The first kappa shape index (κ1) is 36.4. The summed E-state index contributed by atoms with van der Waals surface area (Å²) < 4.78 is 42.8. The second kappa shape index (κ2) is 22.6. The Bertz CT molecular complexity index is 573. The average Bonchev–Trinajstić information content (AvgIpc) is 2.71. The van der Waals surface area contributed by atoms with Crippen molar-refractivity contribution >= 4 is 51.6 Å². The maximum absolute atomic E-state index is 12.2. The molecule has 0 saturated carbocycles. The van der Waals surface area contributed by atoms with E-state index in [9.17, 15) is 22.6 Å². The Kier molecular flexibility index (Phi) is 25.7. The number of carbonyl (C=O) groups is 2. The Morgan fingerprint density at radius 3 is 1.62 bits per heavy atom. The molecule has 0 saturated heterocycles. The summed E-state index contributed by atoms with van der Waals surface area (Å²) in [5.74, 6) is -1.61. The van der Waals surface area contributed by atoms with Crippen molar-refractivity contribution in [2.45, 2.75) is 90.7 Å². The van der Waals surface area contributed by atoms with Gasteiger partial charge in [-0.2, -0.15) is 8.42 Å². The summed E-state index contributed by atoms with van der Waals surface area (Å²) in [5.41, 5.74) is 0. The fourth-order valence-corrected chi connectivity index (χ4v) is 3.48. The summed E-state index contributed by atoms with van der Waals surface area (Å²) >= 11 is 0. The van der Waals surface area contributed by atoms with Gasteiger partial charge in [0.1, 0.15) is 0 Å². The molecule has 0 aromatic heterocycles. The Morgan fingerprint density at radius 1 is 0.875 bits per heavy atom. The normalized spacial score (nSPS) is 13.6. The van der Waals surface area contributed by atoms with Crippen LogP contribution in [0.25, 0.3) is 0 Å². The van der Waals surface area contributed by atoms with Crippen molar-refractivity contribution in [2.75, 3.05) is 27.3 Å². The molecule has 0 spiro atoms. The molecule has 0 aromatic carbocycles. The summed E-state index contributed by atoms with van der Waals surface area (Å²) in [5, 5.41) is 0.805. The Morgan fingerprint density at radius 2 is 1.28 bits per heavy atom. The third-order valence-electron chi connectivity index (χ3n) is 5.00. The minimum absolute atomic E-state index is 0. The van der Waals surface area contributed by atoms with Crippen LogP contribution in [0, 0.1) is 11.8 Å². The molecule has 0 rings (SSSR count). The number of carbonyl (C=O) groups excluding carboxylic acids is 2. The zero-order chi connectivity index (χ0) is 24.3. The van der Waals surface area contributed by atoms with Crippen molar-refractivity contribution in [1.29, 1.82) is 0 Å². The van der Waals surface area contributed by atoms with Crippen LogP contribution in [0.2, 0.25) is 0 Å². The molecule has 32 heavy (non-hydrogen) atoms. The van der Waals surface area contributed by atoms with Gasteiger partial charge in [0, 0.05) is 0 Å². The topological polar surface area (TPSA) is 119 Å². The SMILES string of the molecule is CCCCC(CC)COC(=O)CC(C(=O)OCC(CC)CCCC)S(=O)(=O)O.CNC.[NaH]. The van der Waals surface area contributed by atoms with Crippen LogP contribution in [-0.4, -0.2) is 87.0 Å². The predicted octanol–water partition coefficient (Wildman–Crippen LogP) is 3.34. The summed E-state index contributed by atoms with van der Waals surface area (Å²) in [7, 11) is -1.01. The van der Waals surface area contributed by atoms with E-state index in [-0.39, 0.29) is 54.6 Å². The van der Waals surface area contributed by atoms with Gasteiger partial charge in [-0.1, -0.05) is 66.2 Å². The van der Waals surface area contributed by atoms with Crippen molar-refractivity contribution in [2.24, 2.45) is 11.8 Å². The predicted molar refractivity (Wildman–Crippen MR) is 131 cm³/mol. The van der Waals surface area contributed by atoms with Gasteiger partial charge in [-0.15, -0.1) is 0 Å². The van der Waals surface area contributed by atoms with Gasteiger partial charge >= 0.3 is 41.5 Å². The fourth-order valence-electron chi connectivity index (χ4n) is 2.82. The molecular weight excluding hydrogens is 445 g/mol. The maximum atomic E-state index is 12.2. The van der Waals surface area contributed by atoms with Gasteiger partial charge in [0.05, 0.1) is 19.6 Å². The molecule has 0 aromatic rings. The molecule has 0 aliphatic carbocycles. The number of rotatable bonds is 16. The zero-order valence-corrected chi connectivity index (χ0v) is 21.1. The van der Waals surface area contributed by atoms with Crippen LogP contribution >= 0.6 is 0 Å². The Balaban J connectivity index is -0.00000198. The molecule has 8 nitrogen and oxygen atoms in total. The molecule has 0 fully saturated rings. The van der Waals surface area contributed by atoms with Crippen LogP contribution in [0.3, 0.4) is 0 Å². The summed E-state index contributed by atoms with van der Waals surface area (Å²) in [6.45, 7) is 8.35. The van der Waals surface area contributed by atoms with Gasteiger partial charge in [-0.3, -0.25) is 14.1 Å². The van der Waals surface area contributed by atoms with Gasteiger partial charge in [-0.25, -0.2) is 0 Å². The molecule has 3 atom stereocenters. The molecule has 0 aliphatic rings. The van der Waals surface area contributed by atoms with Gasteiger partial charge in [0.15, 0.2) is 5.25 Å². The van der Waals surface area contributed by atoms with E-state index in [1.165, 1.54) is 0 Å². The van der Waals surface area contributed by atoms with Crippen LogP contribution in [0.1, 0.15) is 85.5 Å². The van der Waals surface area contributed by atoms with Crippen LogP contribution in [0.15, 0.2) is 0 Å². The summed E-state index contributed by atoms with van der Waals surface area (Å²) in [4.78, 5) is 24.2. The van der Waals surface area contributed by atoms with E-state index >= 15 is 0 Å². The molecule has 0 radical (unpaired) electrons. The van der Waals surface area contributed by atoms with Crippen LogP contribution < -0.4 is 5.32 Å². The molecule has 10 heteroatoms. The number of hydrogen-bond donors (Lipinski definition) is 2. The van der Waals surface area contributed by atoms with Crippen molar-refractivity contribution in [3.05, 3.63) is 0 Å². The van der Waals surface area contributed by atoms with E-state index in [0.29, 0.717) is 0 Å². The van der Waals surface area contributed by atoms with Crippen molar-refractivity contribution in [3.63, 3.8) is 0 Å². The quantitative estimate of drug-likeness (QED) is 0.192. The Labute approximate surface area is 218 Å². The van der Waals surface area contributed by atoms with Crippen LogP contribution in [0.4, 0.5) is 0 Å². The standard InChI is InChI=1S/C20H38O7S.C2H7N.Na.H/c1-5-9-11-16(7-3)14-26-19(21)13-18(28(23,24)25)20(22)27-15-17(8-4)12-10-6-2;1-3-2;;/h16-18H,5-15H2,1-4H3,(H,23,24,25);3H,1-2H3;;. The minimum atomic E-state index is -4.76. The van der Waals surface area contributed by atoms with Crippen molar-refractivity contribution < 1.29 is 32.0 Å².